The molecule has 13 heteroatoms. The summed E-state index contributed by atoms with van der Waals surface area (Å²) >= 11 is 5.83. The van der Waals surface area contributed by atoms with Gasteiger partial charge in [-0.25, -0.2) is 23.8 Å². The highest BCUT2D eigenvalue weighted by Crippen LogP contribution is 2.41. The van der Waals surface area contributed by atoms with E-state index in [-0.39, 0.29) is 23.7 Å². The maximum absolute atomic E-state index is 14.9. The number of anilines is 5. The van der Waals surface area contributed by atoms with Crippen molar-refractivity contribution < 1.29 is 27.9 Å². The molecular formula is C29H31ClF2N6O4. The minimum atomic E-state index is -0.840. The highest BCUT2D eigenvalue weighted by molar-refractivity contribution is 6.31. The summed E-state index contributed by atoms with van der Waals surface area (Å²) in [7, 11) is 1.55. The third-order valence-corrected chi connectivity index (χ3v) is 7.34. The number of amides is 1. The van der Waals surface area contributed by atoms with Crippen molar-refractivity contribution in [1.82, 2.24) is 9.97 Å². The second kappa shape index (κ2) is 12.5. The number of benzene rings is 2. The predicted octanol–water partition coefficient (Wildman–Crippen LogP) is 5.78. The topological polar surface area (TPSA) is 101 Å². The van der Waals surface area contributed by atoms with Gasteiger partial charge in [-0.15, -0.1) is 0 Å². The van der Waals surface area contributed by atoms with Crippen molar-refractivity contribution in [2.75, 3.05) is 47.4 Å². The summed E-state index contributed by atoms with van der Waals surface area (Å²) in [5, 5.41) is 7.00. The van der Waals surface area contributed by atoms with E-state index in [1.807, 2.05) is 19.9 Å². The maximum Gasteiger partial charge on any atom is 0.247 e. The van der Waals surface area contributed by atoms with E-state index in [1.54, 1.807) is 19.2 Å². The van der Waals surface area contributed by atoms with Gasteiger partial charge < -0.3 is 25.0 Å². The molecule has 222 valence electrons. The molecule has 0 unspecified atom stereocenters. The van der Waals surface area contributed by atoms with Crippen LogP contribution in [0, 0.1) is 11.6 Å². The van der Waals surface area contributed by atoms with Gasteiger partial charge in [0.2, 0.25) is 5.91 Å². The number of hydrogen-bond donors (Lipinski definition) is 2. The molecule has 2 saturated heterocycles. The van der Waals surface area contributed by atoms with Crippen molar-refractivity contribution in [3.8, 4) is 5.75 Å². The lowest BCUT2D eigenvalue weighted by molar-refractivity contribution is -0.111. The molecule has 0 saturated carbocycles. The summed E-state index contributed by atoms with van der Waals surface area (Å²) in [6.45, 7) is 9.12. The number of morpholine rings is 1. The molecule has 10 nitrogen and oxygen atoms in total. The fourth-order valence-electron chi connectivity index (χ4n) is 5.21. The molecule has 1 amide bonds. The molecule has 1 aromatic heterocycles. The Morgan fingerprint density at radius 1 is 1.17 bits per heavy atom. The summed E-state index contributed by atoms with van der Waals surface area (Å²) in [5.74, 6) is -0.802. The van der Waals surface area contributed by atoms with E-state index in [1.165, 1.54) is 23.5 Å². The number of carbonyl (C=O) groups is 1. The van der Waals surface area contributed by atoms with Crippen LogP contribution < -0.4 is 25.3 Å². The van der Waals surface area contributed by atoms with E-state index >= 15 is 0 Å². The predicted molar refractivity (Wildman–Crippen MR) is 157 cm³/mol. The number of nitrogens with one attached hydrogen (secondary N) is 2. The normalized spacial score (nSPS) is 20.4. The number of halogens is 3. The third-order valence-electron chi connectivity index (χ3n) is 6.99. The molecule has 0 radical (unpaired) electrons. The number of hydrogen-bond acceptors (Lipinski definition) is 9. The highest BCUT2D eigenvalue weighted by atomic mass is 35.5. The van der Waals surface area contributed by atoms with Gasteiger partial charge in [0, 0.05) is 37.2 Å². The molecule has 42 heavy (non-hydrogen) atoms. The van der Waals surface area contributed by atoms with E-state index in [0.717, 1.165) is 11.8 Å². The van der Waals surface area contributed by atoms with Gasteiger partial charge in [0.25, 0.3) is 0 Å². The monoisotopic (exact) mass is 600 g/mol. The molecule has 3 aromatic rings. The van der Waals surface area contributed by atoms with Gasteiger partial charge in [-0.05, 0) is 32.1 Å². The van der Waals surface area contributed by atoms with E-state index < -0.39 is 22.7 Å². The SMILES string of the molecule is C=CC(=O)Nc1cc(Nc2cc(N3OCC[C@@H]3c3ccc(F)c(Cl)c3F)ncn2)c(OC)cc1N1C[C@H](C)O[C@@H](C)C1. The van der Waals surface area contributed by atoms with Crippen molar-refractivity contribution in [3.63, 3.8) is 0 Å². The van der Waals surface area contributed by atoms with E-state index in [9.17, 15) is 13.6 Å². The van der Waals surface area contributed by atoms with Crippen LogP contribution >= 0.6 is 11.6 Å². The molecule has 0 spiro atoms. The number of carbonyl (C=O) groups excluding carboxylic acids is 1. The molecule has 5 rings (SSSR count). The summed E-state index contributed by atoms with van der Waals surface area (Å²) in [4.78, 5) is 28.9. The first-order chi connectivity index (χ1) is 20.2. The van der Waals surface area contributed by atoms with Gasteiger partial charge in [-0.2, -0.15) is 0 Å². The van der Waals surface area contributed by atoms with Gasteiger partial charge in [0.05, 0.1) is 49.0 Å². The number of nitrogens with zero attached hydrogens (tertiary/aromatic N) is 4. The van der Waals surface area contributed by atoms with Crippen LogP contribution in [0.5, 0.6) is 5.75 Å². The van der Waals surface area contributed by atoms with E-state index in [0.29, 0.717) is 54.9 Å². The highest BCUT2D eigenvalue weighted by Gasteiger charge is 2.33. The lowest BCUT2D eigenvalue weighted by Gasteiger charge is -2.38. The largest absolute Gasteiger partial charge is 0.494 e. The van der Waals surface area contributed by atoms with Crippen molar-refractivity contribution in [3.05, 3.63) is 71.5 Å². The van der Waals surface area contributed by atoms with Crippen LogP contribution in [0.4, 0.5) is 37.5 Å². The van der Waals surface area contributed by atoms with Crippen LogP contribution in [0.25, 0.3) is 0 Å². The molecule has 3 atom stereocenters. The zero-order valence-corrected chi connectivity index (χ0v) is 24.1. The summed E-state index contributed by atoms with van der Waals surface area (Å²) in [6.07, 6.45) is 2.96. The van der Waals surface area contributed by atoms with E-state index in [2.05, 4.69) is 32.1 Å². The Morgan fingerprint density at radius 3 is 2.64 bits per heavy atom. The van der Waals surface area contributed by atoms with Crippen molar-refractivity contribution in [2.45, 2.75) is 38.5 Å². The van der Waals surface area contributed by atoms with Crippen LogP contribution in [0.2, 0.25) is 5.02 Å². The quantitative estimate of drug-likeness (QED) is 0.246. The first kappa shape index (κ1) is 29.5. The molecule has 2 aliphatic heterocycles. The van der Waals surface area contributed by atoms with E-state index in [4.69, 9.17) is 25.9 Å². The molecule has 2 N–H and O–H groups in total. The maximum atomic E-state index is 14.9. The standard InChI is InChI=1S/C29H31ClF2N6O4/c1-5-27(39)36-20-10-21(24(40-4)11-23(20)37-13-16(2)42-17(3)14-37)35-25-12-26(34-15-33-25)38-22(8-9-41-38)18-6-7-19(31)28(30)29(18)32/h5-7,10-12,15-17,22H,1,8-9,13-14H2,2-4H3,(H,36,39)(H,33,34,35)/t16-,17-,22+/m0/s1. The lowest BCUT2D eigenvalue weighted by atomic mass is 10.0. The van der Waals surface area contributed by atoms with Crippen molar-refractivity contribution in [1.29, 1.82) is 0 Å². The number of hydroxylamine groups is 1. The Balaban J connectivity index is 1.46. The third kappa shape index (κ3) is 6.10. The minimum Gasteiger partial charge on any atom is -0.494 e. The first-order valence-electron chi connectivity index (χ1n) is 13.4. The number of rotatable bonds is 8. The summed E-state index contributed by atoms with van der Waals surface area (Å²) < 4.78 is 40.2. The molecule has 2 fully saturated rings. The van der Waals surface area contributed by atoms with Crippen LogP contribution in [0.3, 0.4) is 0 Å². The van der Waals surface area contributed by atoms with Gasteiger partial charge in [-0.3, -0.25) is 9.63 Å². The Bertz CT molecular complexity index is 1480. The van der Waals surface area contributed by atoms with Crippen LogP contribution in [0.1, 0.15) is 31.9 Å². The Labute approximate surface area is 247 Å². The molecule has 0 aliphatic carbocycles. The van der Waals surface area contributed by atoms with Crippen LogP contribution in [0.15, 0.2) is 49.3 Å². The fraction of sp³-hybridized carbons (Fsp3) is 0.345. The minimum absolute atomic E-state index is 0.00372. The van der Waals surface area contributed by atoms with Crippen LogP contribution in [-0.2, 0) is 14.4 Å². The van der Waals surface area contributed by atoms with Crippen molar-refractivity contribution in [2.24, 2.45) is 0 Å². The van der Waals surface area contributed by atoms with Gasteiger partial charge in [0.1, 0.15) is 34.6 Å². The molecule has 2 aliphatic rings. The molecule has 3 heterocycles. The molecule has 2 aromatic carbocycles. The molecular weight excluding hydrogens is 570 g/mol. The zero-order chi connectivity index (χ0) is 30.0. The smallest absolute Gasteiger partial charge is 0.247 e. The average Bonchev–Trinajstić information content (AvgIpc) is 3.45. The Hall–Kier alpha value is -4.00. The lowest BCUT2D eigenvalue weighted by Crippen LogP contribution is -2.45. The average molecular weight is 601 g/mol. The van der Waals surface area contributed by atoms with Crippen molar-refractivity contribution >= 4 is 46.2 Å². The van der Waals surface area contributed by atoms with Crippen LogP contribution in [-0.4, -0.2) is 54.9 Å². The molecule has 0 bridgehead atoms. The van der Waals surface area contributed by atoms with Gasteiger partial charge >= 0.3 is 0 Å². The second-order valence-corrected chi connectivity index (χ2v) is 10.4. The number of aromatic nitrogens is 2. The summed E-state index contributed by atoms with van der Waals surface area (Å²) in [5.41, 5.74) is 2.03. The Morgan fingerprint density at radius 2 is 1.93 bits per heavy atom. The Kier molecular flexibility index (Phi) is 8.76. The first-order valence-corrected chi connectivity index (χ1v) is 13.8. The number of methoxy groups -OCH3 is 1. The fourth-order valence-corrected chi connectivity index (χ4v) is 5.38. The van der Waals surface area contributed by atoms with Gasteiger partial charge in [0.15, 0.2) is 5.82 Å². The zero-order valence-electron chi connectivity index (χ0n) is 23.4. The second-order valence-electron chi connectivity index (χ2n) is 10.0. The number of ether oxygens (including phenoxy) is 2. The summed E-state index contributed by atoms with van der Waals surface area (Å²) in [6, 6.07) is 7.12. The van der Waals surface area contributed by atoms with Gasteiger partial charge in [-0.1, -0.05) is 24.2 Å².